The van der Waals surface area contributed by atoms with E-state index in [1.807, 2.05) is 61.5 Å². The van der Waals surface area contributed by atoms with Crippen LogP contribution in [0.2, 0.25) is 0 Å². The number of ether oxygens (including phenoxy) is 1. The molecule has 1 atom stereocenters. The van der Waals surface area contributed by atoms with Gasteiger partial charge < -0.3 is 10.1 Å². The highest BCUT2D eigenvalue weighted by Gasteiger charge is 2.21. The Morgan fingerprint density at radius 1 is 1.14 bits per heavy atom. The molecule has 0 spiro atoms. The minimum atomic E-state index is -0.379. The lowest BCUT2D eigenvalue weighted by Crippen LogP contribution is -2.20. The Bertz CT molecular complexity index is 632. The summed E-state index contributed by atoms with van der Waals surface area (Å²) in [6.07, 6.45) is 0. The van der Waals surface area contributed by atoms with Crippen molar-refractivity contribution < 1.29 is 9.53 Å². The van der Waals surface area contributed by atoms with Gasteiger partial charge in [-0.2, -0.15) is 0 Å². The molecule has 2 aromatic carbocycles. The molecule has 0 radical (unpaired) electrons. The van der Waals surface area contributed by atoms with Crippen LogP contribution >= 0.6 is 0 Å². The van der Waals surface area contributed by atoms with Gasteiger partial charge in [-0.25, -0.2) is 4.79 Å². The van der Waals surface area contributed by atoms with E-state index in [1.54, 1.807) is 6.92 Å². The normalized spacial score (nSPS) is 11.5. The first-order valence-corrected chi connectivity index (χ1v) is 7.36. The molecule has 0 bridgehead atoms. The van der Waals surface area contributed by atoms with E-state index in [1.165, 1.54) is 5.56 Å². The number of rotatable bonds is 6. The monoisotopic (exact) mass is 295 g/mol. The van der Waals surface area contributed by atoms with E-state index in [4.69, 9.17) is 4.74 Å². The Morgan fingerprint density at radius 3 is 2.36 bits per heavy atom. The first kappa shape index (κ1) is 15.8. The number of hydrogen-bond donors (Lipinski definition) is 1. The molecule has 2 rings (SSSR count). The summed E-state index contributed by atoms with van der Waals surface area (Å²) in [5, 5.41) is 3.36. The van der Waals surface area contributed by atoms with Gasteiger partial charge in [0.05, 0.1) is 18.2 Å². The number of carbonyl (C=O) groups is 1. The van der Waals surface area contributed by atoms with Gasteiger partial charge in [0.2, 0.25) is 0 Å². The lowest BCUT2D eigenvalue weighted by Gasteiger charge is -2.22. The zero-order chi connectivity index (χ0) is 15.9. The van der Waals surface area contributed by atoms with Crippen LogP contribution in [0, 0.1) is 6.92 Å². The highest BCUT2D eigenvalue weighted by molar-refractivity contribution is 5.90. The molecular formula is C19H21NO2. The number of hydrogen-bond acceptors (Lipinski definition) is 3. The molecule has 0 amide bonds. The fourth-order valence-electron chi connectivity index (χ4n) is 2.18. The van der Waals surface area contributed by atoms with E-state index in [0.717, 1.165) is 11.3 Å². The highest BCUT2D eigenvalue weighted by atomic mass is 16.5. The highest BCUT2D eigenvalue weighted by Crippen LogP contribution is 2.26. The summed E-state index contributed by atoms with van der Waals surface area (Å²) in [6, 6.07) is 17.5. The van der Waals surface area contributed by atoms with Crippen LogP contribution in [-0.4, -0.2) is 12.6 Å². The third-order valence-electron chi connectivity index (χ3n) is 3.38. The number of esters is 1. The van der Waals surface area contributed by atoms with Crippen LogP contribution in [0.5, 0.6) is 0 Å². The fourth-order valence-corrected chi connectivity index (χ4v) is 2.18. The minimum Gasteiger partial charge on any atom is -0.463 e. The van der Waals surface area contributed by atoms with Crippen LogP contribution in [0.3, 0.4) is 0 Å². The zero-order valence-corrected chi connectivity index (χ0v) is 13.0. The molecule has 114 valence electrons. The molecule has 0 aliphatic heterocycles. The van der Waals surface area contributed by atoms with Crippen molar-refractivity contribution in [3.05, 3.63) is 77.9 Å². The predicted octanol–water partition coefficient (Wildman–Crippen LogP) is 4.27. The van der Waals surface area contributed by atoms with Crippen molar-refractivity contribution in [2.24, 2.45) is 0 Å². The molecule has 1 unspecified atom stereocenters. The van der Waals surface area contributed by atoms with Crippen LogP contribution in [0.25, 0.3) is 0 Å². The molecule has 0 saturated carbocycles. The largest absolute Gasteiger partial charge is 0.463 e. The molecule has 0 aliphatic rings. The smallest absolute Gasteiger partial charge is 0.335 e. The summed E-state index contributed by atoms with van der Waals surface area (Å²) in [5.74, 6) is -0.379. The summed E-state index contributed by atoms with van der Waals surface area (Å²) in [7, 11) is 0. The van der Waals surface area contributed by atoms with Crippen molar-refractivity contribution in [1.29, 1.82) is 0 Å². The second-order valence-corrected chi connectivity index (χ2v) is 5.10. The molecule has 1 N–H and O–H groups in total. The molecule has 0 heterocycles. The van der Waals surface area contributed by atoms with Gasteiger partial charge >= 0.3 is 5.97 Å². The standard InChI is InChI=1S/C19H21NO2/c1-4-22-19(21)15(3)18(16-8-6-5-7-9-16)20-17-12-10-14(2)11-13-17/h5-13,18,20H,3-4H2,1-2H3. The van der Waals surface area contributed by atoms with Crippen LogP contribution in [0.15, 0.2) is 66.7 Å². The van der Waals surface area contributed by atoms with Gasteiger partial charge in [-0.05, 0) is 31.5 Å². The van der Waals surface area contributed by atoms with Crippen LogP contribution in [0.4, 0.5) is 5.69 Å². The van der Waals surface area contributed by atoms with E-state index < -0.39 is 0 Å². The lowest BCUT2D eigenvalue weighted by molar-refractivity contribution is -0.138. The Labute approximate surface area is 131 Å². The molecule has 3 heteroatoms. The number of nitrogens with one attached hydrogen (secondary N) is 1. The Balaban J connectivity index is 2.27. The van der Waals surface area contributed by atoms with Gasteiger partial charge in [0.25, 0.3) is 0 Å². The Kier molecular flexibility index (Phi) is 5.37. The van der Waals surface area contributed by atoms with Crippen molar-refractivity contribution in [1.82, 2.24) is 0 Å². The minimum absolute atomic E-state index is 0.317. The van der Waals surface area contributed by atoms with Gasteiger partial charge in [-0.15, -0.1) is 0 Å². The second kappa shape index (κ2) is 7.46. The van der Waals surface area contributed by atoms with Gasteiger partial charge in [0, 0.05) is 5.69 Å². The maximum atomic E-state index is 12.0. The molecule has 3 nitrogen and oxygen atoms in total. The summed E-state index contributed by atoms with van der Waals surface area (Å²) in [4.78, 5) is 12.0. The first-order valence-electron chi connectivity index (χ1n) is 7.36. The molecule has 22 heavy (non-hydrogen) atoms. The molecular weight excluding hydrogens is 274 g/mol. The van der Waals surface area contributed by atoms with E-state index >= 15 is 0 Å². The van der Waals surface area contributed by atoms with Gasteiger partial charge in [-0.1, -0.05) is 54.6 Å². The number of anilines is 1. The lowest BCUT2D eigenvalue weighted by atomic mass is 9.99. The van der Waals surface area contributed by atoms with Gasteiger partial charge in [-0.3, -0.25) is 0 Å². The first-order chi connectivity index (χ1) is 10.6. The van der Waals surface area contributed by atoms with E-state index in [0.29, 0.717) is 12.2 Å². The van der Waals surface area contributed by atoms with Gasteiger partial charge in [0.1, 0.15) is 0 Å². The van der Waals surface area contributed by atoms with Crippen LogP contribution < -0.4 is 5.32 Å². The van der Waals surface area contributed by atoms with Crippen molar-refractivity contribution in [2.75, 3.05) is 11.9 Å². The molecule has 2 aromatic rings. The Morgan fingerprint density at radius 2 is 1.77 bits per heavy atom. The van der Waals surface area contributed by atoms with Crippen molar-refractivity contribution in [3.8, 4) is 0 Å². The third kappa shape index (κ3) is 3.98. The molecule has 0 fully saturated rings. The average Bonchev–Trinajstić information content (AvgIpc) is 2.55. The van der Waals surface area contributed by atoms with Crippen molar-refractivity contribution in [2.45, 2.75) is 19.9 Å². The maximum Gasteiger partial charge on any atom is 0.335 e. The van der Waals surface area contributed by atoms with E-state index in [-0.39, 0.29) is 12.0 Å². The molecule has 0 aliphatic carbocycles. The number of aryl methyl sites for hydroxylation is 1. The summed E-state index contributed by atoms with van der Waals surface area (Å²) in [5.41, 5.74) is 3.49. The van der Waals surface area contributed by atoms with E-state index in [9.17, 15) is 4.79 Å². The average molecular weight is 295 g/mol. The number of carbonyl (C=O) groups excluding carboxylic acids is 1. The quantitative estimate of drug-likeness (QED) is 0.639. The van der Waals surface area contributed by atoms with Crippen LogP contribution in [0.1, 0.15) is 24.1 Å². The summed E-state index contributed by atoms with van der Waals surface area (Å²) in [6.45, 7) is 8.09. The van der Waals surface area contributed by atoms with E-state index in [2.05, 4.69) is 11.9 Å². The molecule has 0 saturated heterocycles. The number of benzene rings is 2. The summed E-state index contributed by atoms with van der Waals surface area (Å²) >= 11 is 0. The topological polar surface area (TPSA) is 38.3 Å². The van der Waals surface area contributed by atoms with Crippen molar-refractivity contribution >= 4 is 11.7 Å². The maximum absolute atomic E-state index is 12.0. The van der Waals surface area contributed by atoms with Crippen molar-refractivity contribution in [3.63, 3.8) is 0 Å². The fraction of sp³-hybridized carbons (Fsp3) is 0.211. The summed E-state index contributed by atoms with van der Waals surface area (Å²) < 4.78 is 5.08. The zero-order valence-electron chi connectivity index (χ0n) is 13.0. The Hall–Kier alpha value is -2.55. The predicted molar refractivity (Wildman–Crippen MR) is 89.8 cm³/mol. The van der Waals surface area contributed by atoms with Crippen LogP contribution in [-0.2, 0) is 9.53 Å². The molecule has 0 aromatic heterocycles. The second-order valence-electron chi connectivity index (χ2n) is 5.10. The third-order valence-corrected chi connectivity index (χ3v) is 3.38. The SMILES string of the molecule is C=C(C(=O)OCC)C(Nc1ccc(C)cc1)c1ccccc1. The van der Waals surface area contributed by atoms with Gasteiger partial charge in [0.15, 0.2) is 0 Å².